The number of aliphatic carboxylic acids is 2. The number of hydrogen-bond acceptors (Lipinski definition) is 20. The van der Waals surface area contributed by atoms with Gasteiger partial charge in [-0.05, 0) is 234 Å². The zero-order chi connectivity index (χ0) is 65.7. The highest BCUT2D eigenvalue weighted by atomic mass is 16.5. The molecule has 5 aromatic heterocycles. The molecule has 0 atom stereocenters. The van der Waals surface area contributed by atoms with Crippen LogP contribution in [0.1, 0.15) is 137 Å². The number of ether oxygens (including phenoxy) is 3. The largest absolute Gasteiger partial charge is 0.493 e. The summed E-state index contributed by atoms with van der Waals surface area (Å²) in [7, 11) is 3.91. The quantitative estimate of drug-likeness (QED) is 0.0299. The van der Waals surface area contributed by atoms with E-state index in [0.29, 0.717) is 37.1 Å². The van der Waals surface area contributed by atoms with Crippen LogP contribution in [0.3, 0.4) is 0 Å². The van der Waals surface area contributed by atoms with Crippen LogP contribution < -0.4 is 40.0 Å². The molecule has 6 aliphatic rings. The summed E-state index contributed by atoms with van der Waals surface area (Å²) in [5, 5.41) is 42.2. The van der Waals surface area contributed by atoms with Gasteiger partial charge in [-0.2, -0.15) is 0 Å². The molecule has 0 radical (unpaired) electrons. The van der Waals surface area contributed by atoms with Crippen molar-refractivity contribution in [3.63, 3.8) is 0 Å². The minimum atomic E-state index is -1.26. The predicted octanol–water partition coefficient (Wildman–Crippen LogP) is 12.2. The van der Waals surface area contributed by atoms with Crippen LogP contribution in [0, 0.1) is 35.5 Å². The van der Waals surface area contributed by atoms with Crippen molar-refractivity contribution in [2.45, 2.75) is 136 Å². The van der Waals surface area contributed by atoms with Crippen LogP contribution in [-0.2, 0) is 41.9 Å². The number of carboxylic acids is 2. The first-order chi connectivity index (χ1) is 46.6. The fraction of sp³-hybridized carbons (Fsp3) is 0.521. The summed E-state index contributed by atoms with van der Waals surface area (Å²) in [5.41, 5.74) is 9.03. The minimum absolute atomic E-state index is 0.558. The van der Waals surface area contributed by atoms with Gasteiger partial charge in [0.1, 0.15) is 41.5 Å². The number of nitrogens with zero attached hydrogens (tertiary/aromatic N) is 9. The Morgan fingerprint density at radius 2 is 0.916 bits per heavy atom. The highest BCUT2D eigenvalue weighted by Gasteiger charge is 2.28. The molecule has 22 nitrogen and oxygen atoms in total. The topological polar surface area (TPSA) is 275 Å². The monoisotopic (exact) mass is 1300 g/mol. The molecule has 0 bridgehead atoms. The summed E-state index contributed by atoms with van der Waals surface area (Å²) in [4.78, 5) is 40.6. The van der Waals surface area contributed by atoms with Gasteiger partial charge in [-0.1, -0.05) is 27.6 Å². The lowest BCUT2D eigenvalue weighted by Gasteiger charge is -2.32. The molecule has 6 fully saturated rings. The van der Waals surface area contributed by atoms with Gasteiger partial charge in [-0.25, -0.2) is 29.5 Å². The Balaban J connectivity index is 0.000000138. The van der Waals surface area contributed by atoms with Crippen molar-refractivity contribution in [1.82, 2.24) is 51.4 Å². The van der Waals surface area contributed by atoms with Crippen LogP contribution in [0.2, 0.25) is 0 Å². The molecular formula is C73H94N12O10. The number of carboxylic acid groups (broad SMARTS) is 2. The average molecular weight is 1300 g/mol. The second-order valence-corrected chi connectivity index (χ2v) is 26.2. The third kappa shape index (κ3) is 19.6. The van der Waals surface area contributed by atoms with Gasteiger partial charge in [0.2, 0.25) is 0 Å². The molecule has 0 spiro atoms. The number of anilines is 2. The Bertz CT molecular complexity index is 3590. The lowest BCUT2D eigenvalue weighted by molar-refractivity contribution is -0.134. The number of carbonyl (C=O) groups is 2. The van der Waals surface area contributed by atoms with Crippen LogP contribution in [0.5, 0.6) is 17.2 Å². The van der Waals surface area contributed by atoms with Gasteiger partial charge >= 0.3 is 11.9 Å². The zero-order valence-corrected chi connectivity index (χ0v) is 55.4. The fourth-order valence-electron chi connectivity index (χ4n) is 12.8. The van der Waals surface area contributed by atoms with E-state index < -0.39 is 11.9 Å². The van der Waals surface area contributed by atoms with Gasteiger partial charge < -0.3 is 63.7 Å². The van der Waals surface area contributed by atoms with E-state index in [1.807, 2.05) is 51.6 Å². The SMILES string of the molecule is CC=Cc1c(OCC2CC2)ccc2c(CCC3CCNCC3)noc12.CNCc1c(OCC2CC2)ccc2c(CCC3CCN(c4ccncn4)CC3)noc12.CNCc1c(OCC2CC2)ccc2c(CCC3CCN(c4ccncn4)CC3)noc12.O=C(O)/C=C/C(=O)O. The number of nitrogens with one attached hydrogen (secondary N) is 3. The molecular weight excluding hydrogens is 1200 g/mol. The van der Waals surface area contributed by atoms with E-state index in [1.165, 1.54) is 83.5 Å². The predicted molar refractivity (Wildman–Crippen MR) is 366 cm³/mol. The van der Waals surface area contributed by atoms with Crippen molar-refractivity contribution < 1.29 is 47.6 Å². The number of fused-ring (bicyclic) bond motifs is 3. The Labute approximate surface area is 556 Å². The zero-order valence-electron chi connectivity index (χ0n) is 55.4. The first-order valence-corrected chi connectivity index (χ1v) is 34.5. The molecule has 0 amide bonds. The first kappa shape index (κ1) is 67.9. The van der Waals surface area contributed by atoms with Gasteiger partial charge in [0.05, 0.1) is 53.6 Å². The number of rotatable bonds is 27. The smallest absolute Gasteiger partial charge is 0.328 e. The van der Waals surface area contributed by atoms with E-state index in [9.17, 15) is 9.59 Å². The maximum Gasteiger partial charge on any atom is 0.328 e. The molecule has 22 heteroatoms. The molecule has 8 aromatic rings. The third-order valence-corrected chi connectivity index (χ3v) is 19.0. The van der Waals surface area contributed by atoms with Crippen LogP contribution in [0.4, 0.5) is 11.6 Å². The lowest BCUT2D eigenvalue weighted by Crippen LogP contribution is -2.34. The second kappa shape index (κ2) is 34.3. The molecule has 95 heavy (non-hydrogen) atoms. The van der Waals surface area contributed by atoms with Crippen molar-refractivity contribution >= 4 is 62.6 Å². The van der Waals surface area contributed by atoms with Crippen LogP contribution in [-0.4, -0.2) is 131 Å². The van der Waals surface area contributed by atoms with Crippen molar-refractivity contribution in [3.05, 3.63) is 126 Å². The summed E-state index contributed by atoms with van der Waals surface area (Å²) in [6.45, 7) is 12.4. The molecule has 3 saturated heterocycles. The number of allylic oxidation sites excluding steroid dienone is 1. The lowest BCUT2D eigenvalue weighted by atomic mass is 9.91. The van der Waals surface area contributed by atoms with Crippen molar-refractivity contribution in [1.29, 1.82) is 0 Å². The maximum absolute atomic E-state index is 9.55. The van der Waals surface area contributed by atoms with E-state index in [2.05, 4.69) is 104 Å². The summed E-state index contributed by atoms with van der Waals surface area (Å²) >= 11 is 0. The molecule has 8 heterocycles. The standard InChI is InChI=1S/2C24H31N5O2.C21H28N2O2.C4H4O4/c2*1-25-14-20-22(30-15-18-2-3-18)7-5-19-21(28-31-24(19)20)6-4-17-9-12-29(13-10-17)23-8-11-26-16-27-23;1-2-3-18-20(24-14-16-4-5-16)9-7-17-19(23-25-21(17)18)8-6-15-10-12-22-13-11-15;5-3(6)1-2-4(7)8/h2*5,7-8,11,16-18,25H,2-4,6,9-10,12-15H2,1H3;2-3,7,9,15-16,22H,4-6,8,10-14H2,1H3;1-2H,(H,5,6)(H,7,8)/b;;;2-1+. The number of hydrogen-bond donors (Lipinski definition) is 5. The molecule has 3 aliphatic heterocycles. The van der Waals surface area contributed by atoms with E-state index in [1.54, 1.807) is 12.7 Å². The van der Waals surface area contributed by atoms with Crippen molar-refractivity contribution in [2.24, 2.45) is 35.5 Å². The second-order valence-electron chi connectivity index (χ2n) is 26.2. The van der Waals surface area contributed by atoms with E-state index in [-0.39, 0.29) is 0 Å². The van der Waals surface area contributed by atoms with Crippen molar-refractivity contribution in [2.75, 3.05) is 83.0 Å². The Hall–Kier alpha value is -8.47. The van der Waals surface area contributed by atoms with Gasteiger partial charge in [0, 0.05) is 80.0 Å². The summed E-state index contributed by atoms with van der Waals surface area (Å²) in [6, 6.07) is 16.6. The normalized spacial score (nSPS) is 17.2. The molecule has 3 saturated carbocycles. The molecule has 5 N–H and O–H groups in total. The molecule has 3 aromatic carbocycles. The molecule has 0 unspecified atom stereocenters. The van der Waals surface area contributed by atoms with E-state index in [4.69, 9.17) is 38.0 Å². The first-order valence-electron chi connectivity index (χ1n) is 34.5. The van der Waals surface area contributed by atoms with E-state index in [0.717, 1.165) is 210 Å². The van der Waals surface area contributed by atoms with Crippen LogP contribution >= 0.6 is 0 Å². The number of aromatic nitrogens is 7. The fourth-order valence-corrected chi connectivity index (χ4v) is 12.8. The summed E-state index contributed by atoms with van der Waals surface area (Å²) in [6.07, 6.45) is 33.5. The average Bonchev–Trinajstić information content (AvgIpc) is 1.68. The Morgan fingerprint density at radius 3 is 1.29 bits per heavy atom. The number of benzene rings is 3. The third-order valence-electron chi connectivity index (χ3n) is 19.0. The Morgan fingerprint density at radius 1 is 0.526 bits per heavy atom. The van der Waals surface area contributed by atoms with Crippen molar-refractivity contribution in [3.8, 4) is 17.2 Å². The van der Waals surface area contributed by atoms with Crippen LogP contribution in [0.15, 0.2) is 105 Å². The van der Waals surface area contributed by atoms with Gasteiger partial charge in [-0.15, -0.1) is 0 Å². The van der Waals surface area contributed by atoms with Gasteiger partial charge in [0.15, 0.2) is 16.7 Å². The summed E-state index contributed by atoms with van der Waals surface area (Å²) in [5.74, 6) is 6.74. The molecule has 506 valence electrons. The highest BCUT2D eigenvalue weighted by molar-refractivity contribution is 5.91. The molecule has 3 aliphatic carbocycles. The number of piperidine rings is 3. The van der Waals surface area contributed by atoms with Gasteiger partial charge in [0.25, 0.3) is 0 Å². The number of aryl methyl sites for hydroxylation is 3. The maximum atomic E-state index is 9.55. The van der Waals surface area contributed by atoms with Gasteiger partial charge in [-0.3, -0.25) is 0 Å². The van der Waals surface area contributed by atoms with E-state index >= 15 is 0 Å². The summed E-state index contributed by atoms with van der Waals surface area (Å²) < 4.78 is 35.6. The van der Waals surface area contributed by atoms with Crippen LogP contribution in [0.25, 0.3) is 39.0 Å². The minimum Gasteiger partial charge on any atom is -0.493 e. The Kier molecular flexibility index (Phi) is 24.5. The molecule has 14 rings (SSSR count). The highest BCUT2D eigenvalue weighted by Crippen LogP contribution is 2.39.